The van der Waals surface area contributed by atoms with E-state index in [4.69, 9.17) is 10.5 Å². The van der Waals surface area contributed by atoms with Gasteiger partial charge in [-0.25, -0.2) is 0 Å². The Labute approximate surface area is 103 Å². The molecule has 16 heavy (non-hydrogen) atoms. The Kier molecular flexibility index (Phi) is 6.53. The Morgan fingerprint density at radius 1 is 1.31 bits per heavy atom. The van der Waals surface area contributed by atoms with Gasteiger partial charge < -0.3 is 10.5 Å². The number of benzene rings is 1. The van der Waals surface area contributed by atoms with Gasteiger partial charge in [-0.3, -0.25) is 0 Å². The highest BCUT2D eigenvalue weighted by Gasteiger charge is 2.03. The van der Waals surface area contributed by atoms with Gasteiger partial charge in [0.15, 0.2) is 0 Å². The molecule has 0 amide bonds. The van der Waals surface area contributed by atoms with Gasteiger partial charge in [0, 0.05) is 30.4 Å². The standard InChI is InChI=1S/C13H21NOS/c1-11-5-7-13(8-6-11)16-10-12(14)4-3-9-15-2/h5-8,12H,3-4,9-10,14H2,1-2H3. The molecular weight excluding hydrogens is 218 g/mol. The predicted octanol–water partition coefficient (Wildman–Crippen LogP) is 2.84. The summed E-state index contributed by atoms with van der Waals surface area (Å²) < 4.78 is 5.01. The molecule has 0 aliphatic rings. The number of aryl methyl sites for hydroxylation is 1. The van der Waals surface area contributed by atoms with Crippen LogP contribution < -0.4 is 5.73 Å². The van der Waals surface area contributed by atoms with Gasteiger partial charge >= 0.3 is 0 Å². The third kappa shape index (κ3) is 5.54. The predicted molar refractivity (Wildman–Crippen MR) is 71.0 cm³/mol. The van der Waals surface area contributed by atoms with Crippen LogP contribution in [0, 0.1) is 6.92 Å². The Balaban J connectivity index is 2.20. The zero-order valence-electron chi connectivity index (χ0n) is 10.1. The van der Waals surface area contributed by atoms with Crippen molar-refractivity contribution in [3.8, 4) is 0 Å². The van der Waals surface area contributed by atoms with E-state index in [1.807, 2.05) is 11.8 Å². The SMILES string of the molecule is COCCCC(N)CSc1ccc(C)cc1. The van der Waals surface area contributed by atoms with Crippen molar-refractivity contribution in [1.82, 2.24) is 0 Å². The van der Waals surface area contributed by atoms with E-state index in [1.165, 1.54) is 10.5 Å². The number of thioether (sulfide) groups is 1. The van der Waals surface area contributed by atoms with Crippen LogP contribution in [0.1, 0.15) is 18.4 Å². The normalized spacial score (nSPS) is 12.7. The third-order valence-corrected chi connectivity index (χ3v) is 3.61. The summed E-state index contributed by atoms with van der Waals surface area (Å²) in [5.41, 5.74) is 7.32. The quantitative estimate of drug-likeness (QED) is 0.587. The summed E-state index contributed by atoms with van der Waals surface area (Å²) in [7, 11) is 1.73. The molecule has 0 aromatic heterocycles. The van der Waals surface area contributed by atoms with E-state index in [0.29, 0.717) is 0 Å². The lowest BCUT2D eigenvalue weighted by atomic mass is 10.2. The Bertz CT molecular complexity index is 286. The van der Waals surface area contributed by atoms with Crippen molar-refractivity contribution in [3.63, 3.8) is 0 Å². The largest absolute Gasteiger partial charge is 0.385 e. The van der Waals surface area contributed by atoms with Gasteiger partial charge in [-0.05, 0) is 31.9 Å². The number of hydrogen-bond donors (Lipinski definition) is 1. The third-order valence-electron chi connectivity index (χ3n) is 2.41. The first kappa shape index (κ1) is 13.6. The van der Waals surface area contributed by atoms with Gasteiger partial charge in [-0.15, -0.1) is 11.8 Å². The number of rotatable bonds is 7. The van der Waals surface area contributed by atoms with Crippen molar-refractivity contribution in [3.05, 3.63) is 29.8 Å². The minimum atomic E-state index is 0.265. The van der Waals surface area contributed by atoms with Gasteiger partial charge in [0.25, 0.3) is 0 Å². The fourth-order valence-corrected chi connectivity index (χ4v) is 2.31. The molecule has 0 aliphatic heterocycles. The monoisotopic (exact) mass is 239 g/mol. The van der Waals surface area contributed by atoms with Crippen LogP contribution in [-0.2, 0) is 4.74 Å². The lowest BCUT2D eigenvalue weighted by molar-refractivity contribution is 0.191. The minimum absolute atomic E-state index is 0.265. The fraction of sp³-hybridized carbons (Fsp3) is 0.538. The van der Waals surface area contributed by atoms with Crippen molar-refractivity contribution in [2.24, 2.45) is 5.73 Å². The molecule has 90 valence electrons. The molecule has 0 heterocycles. The molecule has 0 saturated carbocycles. The molecule has 0 aliphatic carbocycles. The van der Waals surface area contributed by atoms with Crippen LogP contribution in [0.3, 0.4) is 0 Å². The highest BCUT2D eigenvalue weighted by molar-refractivity contribution is 7.99. The van der Waals surface area contributed by atoms with Crippen molar-refractivity contribution < 1.29 is 4.74 Å². The maximum absolute atomic E-state index is 6.02. The van der Waals surface area contributed by atoms with Crippen molar-refractivity contribution >= 4 is 11.8 Å². The first-order valence-corrected chi connectivity index (χ1v) is 6.65. The molecule has 0 saturated heterocycles. The van der Waals surface area contributed by atoms with Crippen molar-refractivity contribution in [2.45, 2.75) is 30.7 Å². The molecule has 1 atom stereocenters. The number of nitrogens with two attached hydrogens (primary N) is 1. The van der Waals surface area contributed by atoms with Crippen molar-refractivity contribution in [2.75, 3.05) is 19.5 Å². The van der Waals surface area contributed by atoms with Crippen molar-refractivity contribution in [1.29, 1.82) is 0 Å². The van der Waals surface area contributed by atoms with Crippen LogP contribution >= 0.6 is 11.8 Å². The molecule has 0 fully saturated rings. The first-order valence-electron chi connectivity index (χ1n) is 5.66. The first-order chi connectivity index (χ1) is 7.72. The van der Waals surface area contributed by atoms with Crippen LogP contribution in [0.4, 0.5) is 0 Å². The van der Waals surface area contributed by atoms with E-state index in [-0.39, 0.29) is 6.04 Å². The number of hydrogen-bond acceptors (Lipinski definition) is 3. The average Bonchev–Trinajstić information content (AvgIpc) is 2.29. The molecule has 0 spiro atoms. The second-order valence-electron chi connectivity index (χ2n) is 4.02. The van der Waals surface area contributed by atoms with Crippen LogP contribution in [0.25, 0.3) is 0 Å². The van der Waals surface area contributed by atoms with Gasteiger partial charge in [-0.1, -0.05) is 17.7 Å². The zero-order chi connectivity index (χ0) is 11.8. The van der Waals surface area contributed by atoms with E-state index in [2.05, 4.69) is 31.2 Å². The van der Waals surface area contributed by atoms with Gasteiger partial charge in [0.1, 0.15) is 0 Å². The summed E-state index contributed by atoms with van der Waals surface area (Å²) in [5.74, 6) is 0.979. The van der Waals surface area contributed by atoms with E-state index in [9.17, 15) is 0 Å². The Morgan fingerprint density at radius 2 is 2.00 bits per heavy atom. The molecule has 3 heteroatoms. The van der Waals surface area contributed by atoms with Crippen LogP contribution in [0.15, 0.2) is 29.2 Å². The fourth-order valence-electron chi connectivity index (χ4n) is 1.41. The van der Waals surface area contributed by atoms with Gasteiger partial charge in [0.05, 0.1) is 0 Å². The van der Waals surface area contributed by atoms with E-state index < -0.39 is 0 Å². The highest BCUT2D eigenvalue weighted by Crippen LogP contribution is 2.19. The van der Waals surface area contributed by atoms with E-state index >= 15 is 0 Å². The smallest absolute Gasteiger partial charge is 0.0462 e. The second kappa shape index (κ2) is 7.71. The Hall–Kier alpha value is -0.510. The van der Waals surface area contributed by atoms with Crippen LogP contribution in [-0.4, -0.2) is 25.5 Å². The molecule has 1 rings (SSSR count). The summed E-state index contributed by atoms with van der Waals surface area (Å²) in [6, 6.07) is 8.85. The summed E-state index contributed by atoms with van der Waals surface area (Å²) in [4.78, 5) is 1.30. The average molecular weight is 239 g/mol. The molecule has 1 aromatic rings. The molecule has 1 aromatic carbocycles. The summed E-state index contributed by atoms with van der Waals surface area (Å²) in [6.45, 7) is 2.91. The lowest BCUT2D eigenvalue weighted by Gasteiger charge is -2.10. The molecule has 0 radical (unpaired) electrons. The zero-order valence-corrected chi connectivity index (χ0v) is 10.9. The molecule has 2 nitrogen and oxygen atoms in total. The molecule has 1 unspecified atom stereocenters. The highest BCUT2D eigenvalue weighted by atomic mass is 32.2. The topological polar surface area (TPSA) is 35.2 Å². The number of methoxy groups -OCH3 is 1. The molecular formula is C13H21NOS. The van der Waals surface area contributed by atoms with Gasteiger partial charge in [-0.2, -0.15) is 0 Å². The van der Waals surface area contributed by atoms with Crippen LogP contribution in [0.5, 0.6) is 0 Å². The maximum atomic E-state index is 6.02. The lowest BCUT2D eigenvalue weighted by Crippen LogP contribution is -2.23. The number of ether oxygens (including phenoxy) is 1. The van der Waals surface area contributed by atoms with Crippen LogP contribution in [0.2, 0.25) is 0 Å². The molecule has 0 bridgehead atoms. The Morgan fingerprint density at radius 3 is 2.62 bits per heavy atom. The van der Waals surface area contributed by atoms with E-state index in [0.717, 1.165) is 25.2 Å². The van der Waals surface area contributed by atoms with E-state index in [1.54, 1.807) is 7.11 Å². The summed E-state index contributed by atoms with van der Waals surface area (Å²) in [6.07, 6.45) is 2.08. The maximum Gasteiger partial charge on any atom is 0.0462 e. The van der Waals surface area contributed by atoms with Gasteiger partial charge in [0.2, 0.25) is 0 Å². The summed E-state index contributed by atoms with van der Waals surface area (Å²) in [5, 5.41) is 0. The minimum Gasteiger partial charge on any atom is -0.385 e. The summed E-state index contributed by atoms with van der Waals surface area (Å²) >= 11 is 1.83. The second-order valence-corrected chi connectivity index (χ2v) is 5.11. The molecule has 2 N–H and O–H groups in total.